The second-order valence-corrected chi connectivity index (χ2v) is 3.28. The van der Waals surface area contributed by atoms with Crippen LogP contribution in [-0.4, -0.2) is 23.7 Å². The van der Waals surface area contributed by atoms with Crippen molar-refractivity contribution in [1.29, 1.82) is 0 Å². The van der Waals surface area contributed by atoms with Gasteiger partial charge in [0.25, 0.3) is 0 Å². The Balaban J connectivity index is 2.45. The summed E-state index contributed by atoms with van der Waals surface area (Å²) in [6.07, 6.45) is 2.01. The summed E-state index contributed by atoms with van der Waals surface area (Å²) < 4.78 is 12.7. The van der Waals surface area contributed by atoms with Crippen LogP contribution < -0.4 is 0 Å². The summed E-state index contributed by atoms with van der Waals surface area (Å²) in [6, 6.07) is -0.109. The molecule has 1 saturated carbocycles. The van der Waals surface area contributed by atoms with Crippen LogP contribution in [0.2, 0.25) is 0 Å². The molecular formula is C7H9ClFNO. The SMILES string of the molecule is O=C=NC1CCC(F)C(Cl)C1. The normalized spacial score (nSPS) is 37.8. The molecule has 3 unspecified atom stereocenters. The highest BCUT2D eigenvalue weighted by molar-refractivity contribution is 6.21. The molecule has 1 rings (SSSR count). The Hall–Kier alpha value is -0.400. The van der Waals surface area contributed by atoms with Crippen molar-refractivity contribution < 1.29 is 9.18 Å². The monoisotopic (exact) mass is 177 g/mol. The summed E-state index contributed by atoms with van der Waals surface area (Å²) in [4.78, 5) is 13.3. The number of halogens is 2. The molecule has 0 aliphatic heterocycles. The number of carbonyl (C=O) groups excluding carboxylic acids is 1. The number of nitrogens with zero attached hydrogens (tertiary/aromatic N) is 1. The molecule has 62 valence electrons. The number of alkyl halides is 2. The summed E-state index contributed by atoms with van der Waals surface area (Å²) in [6.45, 7) is 0. The van der Waals surface area contributed by atoms with E-state index in [2.05, 4.69) is 4.99 Å². The van der Waals surface area contributed by atoms with Gasteiger partial charge in [0.2, 0.25) is 6.08 Å². The van der Waals surface area contributed by atoms with E-state index in [0.29, 0.717) is 19.3 Å². The number of isocyanates is 1. The van der Waals surface area contributed by atoms with Gasteiger partial charge in [-0.1, -0.05) is 0 Å². The summed E-state index contributed by atoms with van der Waals surface area (Å²) in [5.74, 6) is 0. The molecule has 1 aliphatic rings. The van der Waals surface area contributed by atoms with Gasteiger partial charge in [-0.2, -0.15) is 0 Å². The smallest absolute Gasteiger partial charge is 0.235 e. The van der Waals surface area contributed by atoms with Crippen LogP contribution in [0.3, 0.4) is 0 Å². The quantitative estimate of drug-likeness (QED) is 0.341. The summed E-state index contributed by atoms with van der Waals surface area (Å²) >= 11 is 5.63. The summed E-state index contributed by atoms with van der Waals surface area (Å²) in [5.41, 5.74) is 0. The molecule has 3 atom stereocenters. The van der Waals surface area contributed by atoms with Crippen molar-refractivity contribution in [2.24, 2.45) is 4.99 Å². The van der Waals surface area contributed by atoms with E-state index in [-0.39, 0.29) is 6.04 Å². The molecule has 2 nitrogen and oxygen atoms in total. The Bertz CT molecular complexity index is 181. The van der Waals surface area contributed by atoms with E-state index >= 15 is 0 Å². The molecule has 0 amide bonds. The standard InChI is InChI=1S/C7H9ClFNO/c8-6-3-5(10-4-11)1-2-7(6)9/h5-7H,1-3H2. The van der Waals surface area contributed by atoms with E-state index in [1.54, 1.807) is 0 Å². The van der Waals surface area contributed by atoms with Crippen LogP contribution in [0.1, 0.15) is 19.3 Å². The van der Waals surface area contributed by atoms with Gasteiger partial charge in [0.05, 0.1) is 11.4 Å². The zero-order chi connectivity index (χ0) is 8.27. The maximum absolute atomic E-state index is 12.7. The molecule has 1 aliphatic carbocycles. The number of hydrogen-bond acceptors (Lipinski definition) is 2. The Morgan fingerprint density at radius 2 is 2.27 bits per heavy atom. The second-order valence-electron chi connectivity index (χ2n) is 2.72. The highest BCUT2D eigenvalue weighted by atomic mass is 35.5. The minimum absolute atomic E-state index is 0.109. The Morgan fingerprint density at radius 3 is 2.82 bits per heavy atom. The third kappa shape index (κ3) is 2.28. The average molecular weight is 178 g/mol. The minimum Gasteiger partial charge on any atom is -0.246 e. The van der Waals surface area contributed by atoms with Gasteiger partial charge < -0.3 is 0 Å². The molecule has 0 aromatic heterocycles. The fraction of sp³-hybridized carbons (Fsp3) is 0.857. The van der Waals surface area contributed by atoms with Crippen molar-refractivity contribution in [1.82, 2.24) is 0 Å². The van der Waals surface area contributed by atoms with Gasteiger partial charge in [0.15, 0.2) is 0 Å². The topological polar surface area (TPSA) is 29.4 Å². The van der Waals surface area contributed by atoms with E-state index in [1.807, 2.05) is 0 Å². The van der Waals surface area contributed by atoms with Crippen molar-refractivity contribution in [2.45, 2.75) is 36.9 Å². The van der Waals surface area contributed by atoms with Crippen LogP contribution in [-0.2, 0) is 4.79 Å². The molecule has 0 saturated heterocycles. The fourth-order valence-electron chi connectivity index (χ4n) is 1.25. The van der Waals surface area contributed by atoms with Crippen LogP contribution >= 0.6 is 11.6 Å². The van der Waals surface area contributed by atoms with E-state index in [0.717, 1.165) is 0 Å². The number of hydrogen-bond donors (Lipinski definition) is 0. The van der Waals surface area contributed by atoms with Crippen LogP contribution in [0.15, 0.2) is 4.99 Å². The zero-order valence-corrected chi connectivity index (χ0v) is 6.72. The minimum atomic E-state index is -0.935. The van der Waals surface area contributed by atoms with Crippen molar-refractivity contribution in [3.8, 4) is 0 Å². The second kappa shape index (κ2) is 3.84. The van der Waals surface area contributed by atoms with Gasteiger partial charge in [-0.05, 0) is 19.3 Å². The lowest BCUT2D eigenvalue weighted by atomic mass is 9.94. The third-order valence-corrected chi connectivity index (χ3v) is 2.35. The van der Waals surface area contributed by atoms with Gasteiger partial charge in [0.1, 0.15) is 6.17 Å². The van der Waals surface area contributed by atoms with Crippen LogP contribution in [0.25, 0.3) is 0 Å². The highest BCUT2D eigenvalue weighted by Gasteiger charge is 2.28. The fourth-order valence-corrected chi connectivity index (χ4v) is 1.58. The molecule has 0 aromatic carbocycles. The molecule has 0 bridgehead atoms. The van der Waals surface area contributed by atoms with E-state index in [9.17, 15) is 9.18 Å². The van der Waals surface area contributed by atoms with E-state index in [4.69, 9.17) is 11.6 Å². The predicted molar refractivity (Wildman–Crippen MR) is 40.3 cm³/mol. The first-order valence-electron chi connectivity index (χ1n) is 3.59. The van der Waals surface area contributed by atoms with E-state index < -0.39 is 11.5 Å². The van der Waals surface area contributed by atoms with Gasteiger partial charge in [0, 0.05) is 0 Å². The highest BCUT2D eigenvalue weighted by Crippen LogP contribution is 2.27. The average Bonchev–Trinajstić information content (AvgIpc) is 1.98. The maximum atomic E-state index is 12.7. The molecule has 0 aromatic rings. The Kier molecular flexibility index (Phi) is 3.03. The lowest BCUT2D eigenvalue weighted by Crippen LogP contribution is -2.28. The molecule has 0 heterocycles. The van der Waals surface area contributed by atoms with Crippen molar-refractivity contribution in [3.05, 3.63) is 0 Å². The van der Waals surface area contributed by atoms with Gasteiger partial charge >= 0.3 is 0 Å². The first kappa shape index (κ1) is 8.69. The molecule has 0 N–H and O–H groups in total. The number of rotatable bonds is 1. The van der Waals surface area contributed by atoms with Crippen molar-refractivity contribution in [3.63, 3.8) is 0 Å². The summed E-state index contributed by atoms with van der Waals surface area (Å²) in [5, 5.41) is -0.481. The molecular weight excluding hydrogens is 169 g/mol. The Morgan fingerprint density at radius 1 is 1.55 bits per heavy atom. The van der Waals surface area contributed by atoms with Crippen LogP contribution in [0.4, 0.5) is 4.39 Å². The van der Waals surface area contributed by atoms with Gasteiger partial charge in [-0.15, -0.1) is 11.6 Å². The maximum Gasteiger partial charge on any atom is 0.235 e. The number of aliphatic imine (C=N–C) groups is 1. The Labute approximate surface area is 69.4 Å². The third-order valence-electron chi connectivity index (χ3n) is 1.90. The molecule has 11 heavy (non-hydrogen) atoms. The first-order chi connectivity index (χ1) is 5.24. The lowest BCUT2D eigenvalue weighted by Gasteiger charge is -2.24. The molecule has 0 spiro atoms. The van der Waals surface area contributed by atoms with Crippen LogP contribution in [0, 0.1) is 0 Å². The van der Waals surface area contributed by atoms with E-state index in [1.165, 1.54) is 6.08 Å². The lowest BCUT2D eigenvalue weighted by molar-refractivity contribution is 0.242. The largest absolute Gasteiger partial charge is 0.246 e. The summed E-state index contributed by atoms with van der Waals surface area (Å²) in [7, 11) is 0. The molecule has 1 fully saturated rings. The predicted octanol–water partition coefficient (Wildman–Crippen LogP) is 1.82. The molecule has 0 radical (unpaired) electrons. The van der Waals surface area contributed by atoms with Gasteiger partial charge in [-0.25, -0.2) is 14.2 Å². The zero-order valence-electron chi connectivity index (χ0n) is 5.96. The van der Waals surface area contributed by atoms with Crippen molar-refractivity contribution in [2.75, 3.05) is 0 Å². The van der Waals surface area contributed by atoms with Crippen molar-refractivity contribution >= 4 is 17.7 Å². The van der Waals surface area contributed by atoms with Crippen LogP contribution in [0.5, 0.6) is 0 Å². The van der Waals surface area contributed by atoms with Gasteiger partial charge in [-0.3, -0.25) is 0 Å². The molecule has 4 heteroatoms. The first-order valence-corrected chi connectivity index (χ1v) is 4.03.